The second-order valence-electron chi connectivity index (χ2n) is 5.71. The molecule has 0 spiro atoms. The van der Waals surface area contributed by atoms with Crippen LogP contribution in [0.25, 0.3) is 0 Å². The molecule has 0 amide bonds. The van der Waals surface area contributed by atoms with Gasteiger partial charge in [-0.1, -0.05) is 23.8 Å². The summed E-state index contributed by atoms with van der Waals surface area (Å²) in [6.07, 6.45) is 1.66. The molecule has 0 aliphatic heterocycles. The zero-order valence-electron chi connectivity index (χ0n) is 15.6. The third kappa shape index (κ3) is 4.38. The zero-order valence-corrected chi connectivity index (χ0v) is 15.6. The van der Waals surface area contributed by atoms with Gasteiger partial charge < -0.3 is 14.2 Å². The van der Waals surface area contributed by atoms with E-state index in [2.05, 4.69) is 42.2 Å². The summed E-state index contributed by atoms with van der Waals surface area (Å²) < 4.78 is 16.0. The Bertz CT molecular complexity index is 786. The first-order chi connectivity index (χ1) is 12.0. The maximum Gasteiger partial charge on any atom is 0.203 e. The highest BCUT2D eigenvalue weighted by molar-refractivity contribution is 6.00. The van der Waals surface area contributed by atoms with E-state index in [0.29, 0.717) is 17.2 Å². The minimum atomic E-state index is 0.553. The standard InChI is InChI=1S/C20H24N2O3/c1-13-7-8-17(14(2)9-13)15(3)22-21-12-16-10-18(23-4)20(25-6)19(11-16)24-5/h7-12H,1-6H3/b21-12+,22-15-. The number of nitrogens with zero attached hydrogens (tertiary/aromatic N) is 2. The lowest BCUT2D eigenvalue weighted by atomic mass is 10.0. The Kier molecular flexibility index (Phi) is 6.17. The van der Waals surface area contributed by atoms with E-state index in [1.54, 1.807) is 27.5 Å². The summed E-state index contributed by atoms with van der Waals surface area (Å²) in [6.45, 7) is 6.10. The van der Waals surface area contributed by atoms with Crippen molar-refractivity contribution in [1.29, 1.82) is 0 Å². The first-order valence-electron chi connectivity index (χ1n) is 7.95. The highest BCUT2D eigenvalue weighted by atomic mass is 16.5. The maximum absolute atomic E-state index is 5.34. The van der Waals surface area contributed by atoms with Crippen LogP contribution in [0.5, 0.6) is 17.2 Å². The van der Waals surface area contributed by atoms with Gasteiger partial charge in [-0.15, -0.1) is 0 Å². The molecule has 0 saturated heterocycles. The number of methoxy groups -OCH3 is 3. The molecule has 0 heterocycles. The molecule has 0 aromatic heterocycles. The number of aryl methyl sites for hydroxylation is 2. The zero-order chi connectivity index (χ0) is 18.4. The largest absolute Gasteiger partial charge is 0.493 e. The topological polar surface area (TPSA) is 52.4 Å². The predicted molar refractivity (Wildman–Crippen MR) is 102 cm³/mol. The van der Waals surface area contributed by atoms with Gasteiger partial charge >= 0.3 is 0 Å². The quantitative estimate of drug-likeness (QED) is 0.586. The summed E-state index contributed by atoms with van der Waals surface area (Å²) in [5.74, 6) is 1.72. The Morgan fingerprint density at radius 2 is 1.56 bits per heavy atom. The lowest BCUT2D eigenvalue weighted by Gasteiger charge is -2.12. The molecule has 0 aliphatic carbocycles. The summed E-state index contributed by atoms with van der Waals surface area (Å²) in [6, 6.07) is 9.93. The van der Waals surface area contributed by atoms with Gasteiger partial charge in [-0.3, -0.25) is 0 Å². The molecular weight excluding hydrogens is 316 g/mol. The molecule has 0 aliphatic rings. The highest BCUT2D eigenvalue weighted by Crippen LogP contribution is 2.37. The van der Waals surface area contributed by atoms with E-state index < -0.39 is 0 Å². The van der Waals surface area contributed by atoms with Crippen molar-refractivity contribution in [2.75, 3.05) is 21.3 Å². The molecule has 2 aromatic rings. The van der Waals surface area contributed by atoms with Crippen molar-refractivity contribution < 1.29 is 14.2 Å². The number of benzene rings is 2. The Labute approximate surface area is 149 Å². The number of rotatable bonds is 6. The van der Waals surface area contributed by atoms with Crippen LogP contribution in [0, 0.1) is 13.8 Å². The van der Waals surface area contributed by atoms with Gasteiger partial charge in [0.25, 0.3) is 0 Å². The smallest absolute Gasteiger partial charge is 0.203 e. The Morgan fingerprint density at radius 3 is 2.08 bits per heavy atom. The second kappa shape index (κ2) is 8.33. The van der Waals surface area contributed by atoms with Gasteiger partial charge in [0, 0.05) is 11.1 Å². The summed E-state index contributed by atoms with van der Waals surface area (Å²) in [4.78, 5) is 0. The number of hydrogen-bond acceptors (Lipinski definition) is 5. The van der Waals surface area contributed by atoms with Crippen molar-refractivity contribution in [3.8, 4) is 17.2 Å². The first kappa shape index (κ1) is 18.5. The van der Waals surface area contributed by atoms with Crippen LogP contribution in [0.2, 0.25) is 0 Å². The lowest BCUT2D eigenvalue weighted by Crippen LogP contribution is -1.98. The summed E-state index contributed by atoms with van der Waals surface area (Å²) in [5.41, 5.74) is 5.18. The minimum absolute atomic E-state index is 0.553. The molecule has 25 heavy (non-hydrogen) atoms. The van der Waals surface area contributed by atoms with Crippen LogP contribution in [0.15, 0.2) is 40.5 Å². The van der Waals surface area contributed by atoms with Gasteiger partial charge in [0.1, 0.15) is 0 Å². The van der Waals surface area contributed by atoms with E-state index in [-0.39, 0.29) is 0 Å². The summed E-state index contributed by atoms with van der Waals surface area (Å²) >= 11 is 0. The summed E-state index contributed by atoms with van der Waals surface area (Å²) in [5, 5.41) is 8.51. The third-order valence-electron chi connectivity index (χ3n) is 3.87. The normalized spacial score (nSPS) is 11.7. The average molecular weight is 340 g/mol. The van der Waals surface area contributed by atoms with Crippen molar-refractivity contribution in [3.05, 3.63) is 52.6 Å². The first-order valence-corrected chi connectivity index (χ1v) is 7.95. The monoisotopic (exact) mass is 340 g/mol. The van der Waals surface area contributed by atoms with Gasteiger partial charge in [-0.05, 0) is 38.5 Å². The van der Waals surface area contributed by atoms with E-state index in [1.807, 2.05) is 19.1 Å². The number of hydrogen-bond donors (Lipinski definition) is 0. The number of ether oxygens (including phenoxy) is 3. The molecular formula is C20H24N2O3. The molecule has 0 bridgehead atoms. The van der Waals surface area contributed by atoms with E-state index in [9.17, 15) is 0 Å². The fourth-order valence-corrected chi connectivity index (χ4v) is 2.63. The summed E-state index contributed by atoms with van der Waals surface area (Å²) in [7, 11) is 4.74. The van der Waals surface area contributed by atoms with Crippen LogP contribution in [0.4, 0.5) is 0 Å². The van der Waals surface area contributed by atoms with Crippen molar-refractivity contribution in [2.45, 2.75) is 20.8 Å². The molecule has 0 N–H and O–H groups in total. The van der Waals surface area contributed by atoms with Crippen molar-refractivity contribution in [2.24, 2.45) is 10.2 Å². The molecule has 132 valence electrons. The van der Waals surface area contributed by atoms with Crippen LogP contribution >= 0.6 is 0 Å². The fourth-order valence-electron chi connectivity index (χ4n) is 2.63. The maximum atomic E-state index is 5.34. The van der Waals surface area contributed by atoms with Crippen molar-refractivity contribution >= 4 is 11.9 Å². The van der Waals surface area contributed by atoms with Gasteiger partial charge in [-0.2, -0.15) is 10.2 Å². The van der Waals surface area contributed by atoms with Crippen LogP contribution in [-0.2, 0) is 0 Å². The van der Waals surface area contributed by atoms with Gasteiger partial charge in [0.05, 0.1) is 33.3 Å². The Morgan fingerprint density at radius 1 is 0.920 bits per heavy atom. The molecule has 2 rings (SSSR count). The average Bonchev–Trinajstić information content (AvgIpc) is 2.60. The second-order valence-corrected chi connectivity index (χ2v) is 5.71. The van der Waals surface area contributed by atoms with E-state index in [0.717, 1.165) is 16.8 Å². The van der Waals surface area contributed by atoms with Crippen LogP contribution < -0.4 is 14.2 Å². The lowest BCUT2D eigenvalue weighted by molar-refractivity contribution is 0.324. The van der Waals surface area contributed by atoms with Gasteiger partial charge in [0.2, 0.25) is 5.75 Å². The molecule has 5 nitrogen and oxygen atoms in total. The van der Waals surface area contributed by atoms with Gasteiger partial charge in [-0.25, -0.2) is 0 Å². The SMILES string of the molecule is COc1cc(/C=N/N=C(/C)c2ccc(C)cc2C)cc(OC)c1OC. The molecule has 0 fully saturated rings. The van der Waals surface area contributed by atoms with Crippen LogP contribution in [0.1, 0.15) is 29.2 Å². The van der Waals surface area contributed by atoms with E-state index >= 15 is 0 Å². The van der Waals surface area contributed by atoms with E-state index in [4.69, 9.17) is 14.2 Å². The van der Waals surface area contributed by atoms with Crippen molar-refractivity contribution in [1.82, 2.24) is 0 Å². The fraction of sp³-hybridized carbons (Fsp3) is 0.300. The highest BCUT2D eigenvalue weighted by Gasteiger charge is 2.12. The van der Waals surface area contributed by atoms with Crippen LogP contribution in [-0.4, -0.2) is 33.3 Å². The minimum Gasteiger partial charge on any atom is -0.493 e. The van der Waals surface area contributed by atoms with Crippen LogP contribution in [0.3, 0.4) is 0 Å². The molecule has 0 unspecified atom stereocenters. The molecule has 0 saturated carbocycles. The molecule has 0 atom stereocenters. The predicted octanol–water partition coefficient (Wildman–Crippen LogP) is 4.17. The van der Waals surface area contributed by atoms with Crippen molar-refractivity contribution in [3.63, 3.8) is 0 Å². The Balaban J connectivity index is 2.29. The Hall–Kier alpha value is -2.82. The third-order valence-corrected chi connectivity index (χ3v) is 3.87. The molecule has 2 aromatic carbocycles. The molecule has 0 radical (unpaired) electrons. The van der Waals surface area contributed by atoms with E-state index in [1.165, 1.54) is 11.1 Å². The van der Waals surface area contributed by atoms with Gasteiger partial charge in [0.15, 0.2) is 11.5 Å². The molecule has 5 heteroatoms.